The van der Waals surface area contributed by atoms with Gasteiger partial charge in [0.25, 0.3) is 0 Å². The molecule has 0 bridgehead atoms. The maximum Gasteiger partial charge on any atom is 0.242 e. The van der Waals surface area contributed by atoms with Crippen molar-refractivity contribution in [3.05, 3.63) is 22.4 Å². The smallest absolute Gasteiger partial charge is 0.242 e. The zero-order valence-corrected chi connectivity index (χ0v) is 9.97. The predicted octanol–water partition coefficient (Wildman–Crippen LogP) is 2.26. The fraction of sp³-hybridized carbons (Fsp3) is 0.455. The molecule has 0 saturated carbocycles. The standard InChI is InChI=1S/C11H14N2OS/c1-11(2,8-12)10(14)13(3)7-9-5-4-6-15-9/h4-6H,7H2,1-3H3. The molecule has 1 aromatic heterocycles. The van der Waals surface area contributed by atoms with Gasteiger partial charge in [-0.3, -0.25) is 4.79 Å². The number of hydrogen-bond acceptors (Lipinski definition) is 3. The monoisotopic (exact) mass is 222 g/mol. The van der Waals surface area contributed by atoms with E-state index in [-0.39, 0.29) is 5.91 Å². The van der Waals surface area contributed by atoms with Gasteiger partial charge < -0.3 is 4.90 Å². The van der Waals surface area contributed by atoms with E-state index < -0.39 is 5.41 Å². The first-order valence-corrected chi connectivity index (χ1v) is 5.54. The van der Waals surface area contributed by atoms with Crippen LogP contribution in [0.2, 0.25) is 0 Å². The number of nitrogens with zero attached hydrogens (tertiary/aromatic N) is 2. The van der Waals surface area contributed by atoms with Crippen LogP contribution in [0.3, 0.4) is 0 Å². The van der Waals surface area contributed by atoms with Crippen LogP contribution in [-0.4, -0.2) is 17.9 Å². The largest absolute Gasteiger partial charge is 0.339 e. The van der Waals surface area contributed by atoms with Gasteiger partial charge in [-0.2, -0.15) is 5.26 Å². The quantitative estimate of drug-likeness (QED) is 0.787. The molecule has 0 aliphatic heterocycles. The Morgan fingerprint density at radius 3 is 2.80 bits per heavy atom. The summed E-state index contributed by atoms with van der Waals surface area (Å²) in [5.41, 5.74) is -0.938. The molecule has 80 valence electrons. The van der Waals surface area contributed by atoms with Gasteiger partial charge in [0, 0.05) is 11.9 Å². The predicted molar refractivity (Wildman–Crippen MR) is 60.2 cm³/mol. The molecule has 3 nitrogen and oxygen atoms in total. The van der Waals surface area contributed by atoms with Crippen LogP contribution >= 0.6 is 11.3 Å². The molecular weight excluding hydrogens is 208 g/mol. The van der Waals surface area contributed by atoms with Crippen molar-refractivity contribution in [2.45, 2.75) is 20.4 Å². The van der Waals surface area contributed by atoms with Crippen LogP contribution in [0.5, 0.6) is 0 Å². The average Bonchev–Trinajstić information content (AvgIpc) is 2.69. The number of carbonyl (C=O) groups excluding carboxylic acids is 1. The zero-order chi connectivity index (χ0) is 11.5. The lowest BCUT2D eigenvalue weighted by Gasteiger charge is -2.23. The lowest BCUT2D eigenvalue weighted by Crippen LogP contribution is -2.36. The summed E-state index contributed by atoms with van der Waals surface area (Å²) in [6.45, 7) is 3.85. The van der Waals surface area contributed by atoms with E-state index in [1.807, 2.05) is 23.6 Å². The summed E-state index contributed by atoms with van der Waals surface area (Å²) < 4.78 is 0. The first kappa shape index (κ1) is 11.7. The fourth-order valence-corrected chi connectivity index (χ4v) is 1.99. The molecule has 1 amide bonds. The third-order valence-electron chi connectivity index (χ3n) is 2.13. The third-order valence-corrected chi connectivity index (χ3v) is 3.00. The van der Waals surface area contributed by atoms with E-state index in [1.54, 1.807) is 37.1 Å². The van der Waals surface area contributed by atoms with Gasteiger partial charge in [0.2, 0.25) is 5.91 Å². The van der Waals surface area contributed by atoms with Crippen molar-refractivity contribution < 1.29 is 4.79 Å². The van der Waals surface area contributed by atoms with E-state index in [1.165, 1.54) is 0 Å². The van der Waals surface area contributed by atoms with Gasteiger partial charge in [0.05, 0.1) is 12.6 Å². The number of rotatable bonds is 3. The molecule has 0 fully saturated rings. The summed E-state index contributed by atoms with van der Waals surface area (Å²) in [5.74, 6) is -0.140. The first-order valence-electron chi connectivity index (χ1n) is 4.66. The lowest BCUT2D eigenvalue weighted by molar-refractivity contribution is -0.136. The molecule has 1 heterocycles. The Balaban J connectivity index is 2.67. The van der Waals surface area contributed by atoms with Crippen LogP contribution in [0, 0.1) is 16.7 Å². The minimum atomic E-state index is -0.938. The number of hydrogen-bond donors (Lipinski definition) is 0. The van der Waals surface area contributed by atoms with E-state index in [4.69, 9.17) is 5.26 Å². The zero-order valence-electron chi connectivity index (χ0n) is 9.15. The maximum absolute atomic E-state index is 11.8. The van der Waals surface area contributed by atoms with Crippen LogP contribution in [0.25, 0.3) is 0 Å². The molecule has 0 aliphatic rings. The number of carbonyl (C=O) groups is 1. The van der Waals surface area contributed by atoms with Gasteiger partial charge in [-0.15, -0.1) is 11.3 Å². The molecule has 1 rings (SSSR count). The molecule has 4 heteroatoms. The van der Waals surface area contributed by atoms with Crippen LogP contribution in [0.15, 0.2) is 17.5 Å². The van der Waals surface area contributed by atoms with Gasteiger partial charge in [-0.05, 0) is 25.3 Å². The minimum Gasteiger partial charge on any atom is -0.339 e. The highest BCUT2D eigenvalue weighted by molar-refractivity contribution is 7.09. The molecule has 0 radical (unpaired) electrons. The highest BCUT2D eigenvalue weighted by atomic mass is 32.1. The van der Waals surface area contributed by atoms with Crippen molar-refractivity contribution in [3.63, 3.8) is 0 Å². The Bertz CT molecular complexity index is 376. The molecular formula is C11H14N2OS. The summed E-state index contributed by atoms with van der Waals surface area (Å²) in [6, 6.07) is 5.95. The number of amides is 1. The van der Waals surface area contributed by atoms with Crippen molar-refractivity contribution in [2.24, 2.45) is 5.41 Å². The molecule has 0 aliphatic carbocycles. The normalized spacial score (nSPS) is 10.8. The Kier molecular flexibility index (Phi) is 3.48. The van der Waals surface area contributed by atoms with E-state index in [0.29, 0.717) is 6.54 Å². The topological polar surface area (TPSA) is 44.1 Å². The van der Waals surface area contributed by atoms with E-state index in [0.717, 1.165) is 4.88 Å². The second-order valence-electron chi connectivity index (χ2n) is 3.98. The summed E-state index contributed by atoms with van der Waals surface area (Å²) in [7, 11) is 1.72. The molecule has 1 aromatic rings. The van der Waals surface area contributed by atoms with Crippen LogP contribution in [-0.2, 0) is 11.3 Å². The van der Waals surface area contributed by atoms with Crippen LogP contribution in [0.4, 0.5) is 0 Å². The first-order chi connectivity index (χ1) is 6.97. The van der Waals surface area contributed by atoms with Crippen molar-refractivity contribution in [3.8, 4) is 6.07 Å². The maximum atomic E-state index is 11.8. The van der Waals surface area contributed by atoms with Crippen molar-refractivity contribution in [2.75, 3.05) is 7.05 Å². The summed E-state index contributed by atoms with van der Waals surface area (Å²) in [4.78, 5) is 14.5. The second-order valence-corrected chi connectivity index (χ2v) is 5.01. The highest BCUT2D eigenvalue weighted by Crippen LogP contribution is 2.19. The molecule has 0 atom stereocenters. The highest BCUT2D eigenvalue weighted by Gasteiger charge is 2.30. The average molecular weight is 222 g/mol. The molecule has 0 N–H and O–H groups in total. The molecule has 0 unspecified atom stereocenters. The SMILES string of the molecule is CN(Cc1cccs1)C(=O)C(C)(C)C#N. The Hall–Kier alpha value is -1.34. The van der Waals surface area contributed by atoms with Gasteiger partial charge in [-0.1, -0.05) is 6.07 Å². The Labute approximate surface area is 93.9 Å². The summed E-state index contributed by atoms with van der Waals surface area (Å²) >= 11 is 1.61. The summed E-state index contributed by atoms with van der Waals surface area (Å²) in [5, 5.41) is 10.8. The number of thiophene rings is 1. The van der Waals surface area contributed by atoms with Gasteiger partial charge in [-0.25, -0.2) is 0 Å². The van der Waals surface area contributed by atoms with Crippen molar-refractivity contribution in [1.29, 1.82) is 5.26 Å². The molecule has 0 saturated heterocycles. The Morgan fingerprint density at radius 2 is 2.33 bits per heavy atom. The Morgan fingerprint density at radius 1 is 1.67 bits per heavy atom. The van der Waals surface area contributed by atoms with Gasteiger partial charge >= 0.3 is 0 Å². The lowest BCUT2D eigenvalue weighted by atomic mass is 9.94. The molecule has 0 spiro atoms. The van der Waals surface area contributed by atoms with Gasteiger partial charge in [0.15, 0.2) is 0 Å². The van der Waals surface area contributed by atoms with E-state index in [9.17, 15) is 4.79 Å². The van der Waals surface area contributed by atoms with Crippen LogP contribution < -0.4 is 0 Å². The van der Waals surface area contributed by atoms with Crippen molar-refractivity contribution >= 4 is 17.2 Å². The van der Waals surface area contributed by atoms with E-state index in [2.05, 4.69) is 0 Å². The molecule has 15 heavy (non-hydrogen) atoms. The second kappa shape index (κ2) is 4.45. The van der Waals surface area contributed by atoms with Gasteiger partial charge in [0.1, 0.15) is 5.41 Å². The third kappa shape index (κ3) is 2.80. The minimum absolute atomic E-state index is 0.140. The fourth-order valence-electron chi connectivity index (χ4n) is 1.23. The van der Waals surface area contributed by atoms with E-state index >= 15 is 0 Å². The van der Waals surface area contributed by atoms with Crippen molar-refractivity contribution in [1.82, 2.24) is 4.90 Å². The number of nitriles is 1. The van der Waals surface area contributed by atoms with Crippen LogP contribution in [0.1, 0.15) is 18.7 Å². The molecule has 0 aromatic carbocycles. The summed E-state index contributed by atoms with van der Waals surface area (Å²) in [6.07, 6.45) is 0.